The van der Waals surface area contributed by atoms with Gasteiger partial charge in [-0.3, -0.25) is 4.79 Å². The van der Waals surface area contributed by atoms with Crippen LogP contribution >= 0.6 is 11.3 Å². The van der Waals surface area contributed by atoms with Gasteiger partial charge in [-0.2, -0.15) is 8.78 Å². The summed E-state index contributed by atoms with van der Waals surface area (Å²) < 4.78 is 23.8. The van der Waals surface area contributed by atoms with Gasteiger partial charge in [0.05, 0.1) is 6.54 Å². The van der Waals surface area contributed by atoms with Crippen molar-refractivity contribution in [1.82, 2.24) is 4.90 Å². The molecule has 0 aliphatic rings. The summed E-state index contributed by atoms with van der Waals surface area (Å²) in [6, 6.07) is 3.63. The lowest BCUT2D eigenvalue weighted by Gasteiger charge is -2.14. The Labute approximate surface area is 78.8 Å². The van der Waals surface area contributed by atoms with Crippen molar-refractivity contribution >= 4 is 17.2 Å². The highest BCUT2D eigenvalue weighted by Crippen LogP contribution is 2.12. The summed E-state index contributed by atoms with van der Waals surface area (Å²) in [6.07, 6.45) is -2.91. The van der Waals surface area contributed by atoms with Crippen LogP contribution in [0.25, 0.3) is 0 Å². The molecule has 0 spiro atoms. The second-order valence-corrected chi connectivity index (χ2v) is 3.61. The molecule has 13 heavy (non-hydrogen) atoms. The summed E-state index contributed by atoms with van der Waals surface area (Å²) in [4.78, 5) is 12.7. The van der Waals surface area contributed by atoms with Crippen molar-refractivity contribution < 1.29 is 13.6 Å². The van der Waals surface area contributed by atoms with Crippen LogP contribution in [0.1, 0.15) is 4.88 Å². The minimum Gasteiger partial charge on any atom is -0.336 e. The molecule has 0 radical (unpaired) electrons. The zero-order valence-corrected chi connectivity index (χ0v) is 7.85. The summed E-state index contributed by atoms with van der Waals surface area (Å²) in [5, 5.41) is 1.84. The average molecular weight is 205 g/mol. The molecule has 1 amide bonds. The third kappa shape index (κ3) is 2.77. The zero-order valence-electron chi connectivity index (χ0n) is 7.04. The number of nitrogens with zero attached hydrogens (tertiary/aromatic N) is 1. The molecule has 1 aromatic heterocycles. The molecule has 72 valence electrons. The van der Waals surface area contributed by atoms with Gasteiger partial charge in [0.25, 0.3) is 5.91 Å². The second-order valence-electron chi connectivity index (χ2n) is 2.57. The first kappa shape index (κ1) is 10.1. The smallest absolute Gasteiger partial charge is 0.315 e. The number of alkyl halides is 2. The topological polar surface area (TPSA) is 20.3 Å². The average Bonchev–Trinajstić information content (AvgIpc) is 2.55. The quantitative estimate of drug-likeness (QED) is 0.738. The number of hydrogen-bond donors (Lipinski definition) is 0. The second kappa shape index (κ2) is 4.32. The van der Waals surface area contributed by atoms with Crippen molar-refractivity contribution in [2.75, 3.05) is 7.05 Å². The van der Waals surface area contributed by atoms with Crippen molar-refractivity contribution in [2.24, 2.45) is 0 Å². The Morgan fingerprint density at radius 3 is 2.85 bits per heavy atom. The highest BCUT2D eigenvalue weighted by Gasteiger charge is 2.19. The Kier molecular flexibility index (Phi) is 3.36. The van der Waals surface area contributed by atoms with Crippen LogP contribution in [0.15, 0.2) is 17.5 Å². The largest absolute Gasteiger partial charge is 0.336 e. The van der Waals surface area contributed by atoms with E-state index >= 15 is 0 Å². The maximum absolute atomic E-state index is 11.9. The molecule has 1 rings (SSSR count). The molecule has 0 N–H and O–H groups in total. The predicted molar refractivity (Wildman–Crippen MR) is 46.8 cm³/mol. The zero-order chi connectivity index (χ0) is 9.84. The van der Waals surface area contributed by atoms with Gasteiger partial charge >= 0.3 is 6.43 Å². The van der Waals surface area contributed by atoms with E-state index in [9.17, 15) is 13.6 Å². The number of rotatable bonds is 3. The van der Waals surface area contributed by atoms with Gasteiger partial charge in [-0.15, -0.1) is 11.3 Å². The number of hydrogen-bond acceptors (Lipinski definition) is 2. The van der Waals surface area contributed by atoms with E-state index in [0.29, 0.717) is 0 Å². The molecule has 0 saturated heterocycles. The highest BCUT2D eigenvalue weighted by molar-refractivity contribution is 7.09. The monoisotopic (exact) mass is 205 g/mol. The third-order valence-electron chi connectivity index (χ3n) is 1.54. The molecule has 0 atom stereocenters. The van der Waals surface area contributed by atoms with E-state index in [-0.39, 0.29) is 6.54 Å². The van der Waals surface area contributed by atoms with E-state index in [2.05, 4.69) is 0 Å². The maximum atomic E-state index is 11.9. The van der Waals surface area contributed by atoms with Gasteiger partial charge in [-0.1, -0.05) is 6.07 Å². The summed E-state index contributed by atoms with van der Waals surface area (Å²) in [6.45, 7) is 0.251. The summed E-state index contributed by atoms with van der Waals surface area (Å²) in [5.74, 6) is -1.13. The minimum absolute atomic E-state index is 0.251. The third-order valence-corrected chi connectivity index (χ3v) is 2.40. The van der Waals surface area contributed by atoms with Crippen molar-refractivity contribution in [3.8, 4) is 0 Å². The van der Waals surface area contributed by atoms with Gasteiger partial charge in [0, 0.05) is 11.9 Å². The fourth-order valence-corrected chi connectivity index (χ4v) is 1.64. The van der Waals surface area contributed by atoms with Crippen molar-refractivity contribution in [2.45, 2.75) is 13.0 Å². The molecule has 0 unspecified atom stereocenters. The number of carbonyl (C=O) groups excluding carboxylic acids is 1. The molecule has 0 fully saturated rings. The first-order valence-electron chi connectivity index (χ1n) is 3.67. The van der Waals surface area contributed by atoms with Crippen LogP contribution in [0.5, 0.6) is 0 Å². The lowest BCUT2D eigenvalue weighted by atomic mass is 10.4. The van der Waals surface area contributed by atoms with E-state index in [4.69, 9.17) is 0 Å². The molecule has 0 aliphatic heterocycles. The SMILES string of the molecule is CN(Cc1cccs1)C(=O)C(F)F. The van der Waals surface area contributed by atoms with Crippen LogP contribution in [0.4, 0.5) is 8.78 Å². The van der Waals surface area contributed by atoms with Gasteiger partial charge in [-0.05, 0) is 11.4 Å². The van der Waals surface area contributed by atoms with Crippen molar-refractivity contribution in [3.63, 3.8) is 0 Å². The van der Waals surface area contributed by atoms with E-state index in [1.54, 1.807) is 6.07 Å². The number of thiophene rings is 1. The van der Waals surface area contributed by atoms with Gasteiger partial charge in [0.1, 0.15) is 0 Å². The molecule has 0 bridgehead atoms. The molecule has 1 aromatic rings. The fourth-order valence-electron chi connectivity index (χ4n) is 0.881. The van der Waals surface area contributed by atoms with Crippen LogP contribution in [0.2, 0.25) is 0 Å². The lowest BCUT2D eigenvalue weighted by Crippen LogP contribution is -2.31. The lowest BCUT2D eigenvalue weighted by molar-refractivity contribution is -0.141. The molecule has 1 heterocycles. The Hall–Kier alpha value is -0.970. The Bertz CT molecular complexity index is 274. The van der Waals surface area contributed by atoms with Crippen molar-refractivity contribution in [3.05, 3.63) is 22.4 Å². The first-order chi connectivity index (χ1) is 6.11. The Balaban J connectivity index is 2.51. The van der Waals surface area contributed by atoms with Crippen LogP contribution < -0.4 is 0 Å². The van der Waals surface area contributed by atoms with Gasteiger partial charge in [-0.25, -0.2) is 0 Å². The number of carbonyl (C=O) groups is 1. The molecule has 5 heteroatoms. The first-order valence-corrected chi connectivity index (χ1v) is 4.54. The van der Waals surface area contributed by atoms with Crippen LogP contribution in [0.3, 0.4) is 0 Å². The van der Waals surface area contributed by atoms with Crippen molar-refractivity contribution in [1.29, 1.82) is 0 Å². The summed E-state index contributed by atoms with van der Waals surface area (Å²) in [7, 11) is 1.37. The number of amides is 1. The van der Waals surface area contributed by atoms with E-state index < -0.39 is 12.3 Å². The van der Waals surface area contributed by atoms with Crippen LogP contribution in [0, 0.1) is 0 Å². The van der Waals surface area contributed by atoms with E-state index in [1.807, 2.05) is 11.4 Å². The molecular formula is C8H9F2NOS. The molecule has 0 aliphatic carbocycles. The molecule has 0 aromatic carbocycles. The standard InChI is InChI=1S/C8H9F2NOS/c1-11(8(12)7(9)10)5-6-3-2-4-13-6/h2-4,7H,5H2,1H3. The summed E-state index contributed by atoms with van der Waals surface area (Å²) in [5.41, 5.74) is 0. The fraction of sp³-hybridized carbons (Fsp3) is 0.375. The normalized spacial score (nSPS) is 10.5. The minimum atomic E-state index is -2.91. The number of halogens is 2. The Morgan fingerprint density at radius 1 is 1.69 bits per heavy atom. The van der Waals surface area contributed by atoms with Gasteiger partial charge in [0.15, 0.2) is 0 Å². The molecule has 0 saturated carbocycles. The Morgan fingerprint density at radius 2 is 2.38 bits per heavy atom. The van der Waals surface area contributed by atoms with Crippen LogP contribution in [-0.2, 0) is 11.3 Å². The molecule has 2 nitrogen and oxygen atoms in total. The van der Waals surface area contributed by atoms with E-state index in [0.717, 1.165) is 9.78 Å². The maximum Gasteiger partial charge on any atom is 0.315 e. The highest BCUT2D eigenvalue weighted by atomic mass is 32.1. The van der Waals surface area contributed by atoms with Gasteiger partial charge in [0.2, 0.25) is 0 Å². The summed E-state index contributed by atoms with van der Waals surface area (Å²) >= 11 is 1.44. The molecular weight excluding hydrogens is 196 g/mol. The van der Waals surface area contributed by atoms with Crippen LogP contribution in [-0.4, -0.2) is 24.3 Å². The van der Waals surface area contributed by atoms with E-state index in [1.165, 1.54) is 18.4 Å². The predicted octanol–water partition coefficient (Wildman–Crippen LogP) is 1.97. The van der Waals surface area contributed by atoms with Gasteiger partial charge < -0.3 is 4.90 Å².